The van der Waals surface area contributed by atoms with Gasteiger partial charge in [0.1, 0.15) is 10.6 Å². The molecule has 1 amide bonds. The standard InChI is InChI=1S/C14H19IN2O4S/c1-14(2,3)21-13(19)17-9(5-6-10(17)15)11-16-8(7-22-11)12(18)20-4/h7,9-10H,5-6H2,1-4H3/t9-,10?/m0/s1. The SMILES string of the molecule is COC(=O)c1csc([C@@H]2CCC(I)N2C(=O)OC(C)(C)C)n1. The van der Waals surface area contributed by atoms with E-state index in [1.54, 1.807) is 10.3 Å². The highest BCUT2D eigenvalue weighted by Crippen LogP contribution is 2.40. The normalized spacial score (nSPS) is 21.8. The maximum absolute atomic E-state index is 12.4. The number of ether oxygens (including phenoxy) is 2. The van der Waals surface area contributed by atoms with Crippen LogP contribution in [0.25, 0.3) is 0 Å². The average molecular weight is 438 g/mol. The van der Waals surface area contributed by atoms with Gasteiger partial charge in [-0.15, -0.1) is 11.3 Å². The number of carbonyl (C=O) groups excluding carboxylic acids is 2. The molecule has 1 fully saturated rings. The molecule has 2 heterocycles. The molecule has 0 aliphatic carbocycles. The summed E-state index contributed by atoms with van der Waals surface area (Å²) in [5, 5.41) is 2.40. The number of likely N-dealkylation sites (tertiary alicyclic amines) is 1. The van der Waals surface area contributed by atoms with Gasteiger partial charge >= 0.3 is 12.1 Å². The third kappa shape index (κ3) is 3.89. The van der Waals surface area contributed by atoms with Gasteiger partial charge < -0.3 is 9.47 Å². The van der Waals surface area contributed by atoms with Crippen LogP contribution in [0.3, 0.4) is 0 Å². The monoisotopic (exact) mass is 438 g/mol. The Morgan fingerprint density at radius 1 is 1.41 bits per heavy atom. The first-order valence-electron chi connectivity index (χ1n) is 6.92. The molecule has 2 atom stereocenters. The molecule has 1 aliphatic rings. The fourth-order valence-electron chi connectivity index (χ4n) is 2.21. The number of aromatic nitrogens is 1. The summed E-state index contributed by atoms with van der Waals surface area (Å²) in [6.07, 6.45) is 1.34. The molecule has 22 heavy (non-hydrogen) atoms. The maximum atomic E-state index is 12.4. The second-order valence-corrected chi connectivity index (χ2v) is 8.31. The molecular weight excluding hydrogens is 419 g/mol. The van der Waals surface area contributed by atoms with Gasteiger partial charge in [-0.1, -0.05) is 22.6 Å². The van der Waals surface area contributed by atoms with Crippen LogP contribution < -0.4 is 0 Å². The van der Waals surface area contributed by atoms with Crippen molar-refractivity contribution in [2.45, 2.75) is 49.3 Å². The minimum atomic E-state index is -0.541. The number of hydrogen-bond donors (Lipinski definition) is 0. The summed E-state index contributed by atoms with van der Waals surface area (Å²) in [7, 11) is 1.32. The van der Waals surface area contributed by atoms with Crippen LogP contribution in [0.2, 0.25) is 0 Å². The van der Waals surface area contributed by atoms with E-state index in [-0.39, 0.29) is 21.9 Å². The second kappa shape index (κ2) is 6.69. The summed E-state index contributed by atoms with van der Waals surface area (Å²) in [4.78, 5) is 30.0. The molecule has 0 bridgehead atoms. The predicted octanol–water partition coefficient (Wildman–Crippen LogP) is 3.76. The van der Waals surface area contributed by atoms with Crippen LogP contribution in [0, 0.1) is 0 Å². The lowest BCUT2D eigenvalue weighted by Gasteiger charge is -2.29. The summed E-state index contributed by atoms with van der Waals surface area (Å²) in [5.74, 6) is -0.463. The Labute approximate surface area is 147 Å². The molecular formula is C14H19IN2O4S. The fraction of sp³-hybridized carbons (Fsp3) is 0.643. The topological polar surface area (TPSA) is 68.7 Å². The Kier molecular flexibility index (Phi) is 5.31. The van der Waals surface area contributed by atoms with Crippen molar-refractivity contribution in [2.24, 2.45) is 0 Å². The summed E-state index contributed by atoms with van der Waals surface area (Å²) in [5.41, 5.74) is -0.260. The van der Waals surface area contributed by atoms with Crippen molar-refractivity contribution in [3.05, 3.63) is 16.1 Å². The van der Waals surface area contributed by atoms with Gasteiger partial charge in [0.2, 0.25) is 0 Å². The smallest absolute Gasteiger partial charge is 0.411 e. The molecule has 0 radical (unpaired) electrons. The maximum Gasteiger partial charge on any atom is 0.411 e. The molecule has 122 valence electrons. The number of thiazole rings is 1. The molecule has 0 spiro atoms. The molecule has 0 saturated carbocycles. The number of nitrogens with zero attached hydrogens (tertiary/aromatic N) is 2. The highest BCUT2D eigenvalue weighted by atomic mass is 127. The second-order valence-electron chi connectivity index (χ2n) is 5.98. The zero-order valence-corrected chi connectivity index (χ0v) is 15.9. The first kappa shape index (κ1) is 17.5. The van der Waals surface area contributed by atoms with E-state index in [4.69, 9.17) is 4.74 Å². The minimum Gasteiger partial charge on any atom is -0.464 e. The Morgan fingerprint density at radius 2 is 2.09 bits per heavy atom. The van der Waals surface area contributed by atoms with Crippen LogP contribution in [0.15, 0.2) is 5.38 Å². The van der Waals surface area contributed by atoms with E-state index in [1.165, 1.54) is 18.4 Å². The number of alkyl halides is 1. The molecule has 1 saturated heterocycles. The lowest BCUT2D eigenvalue weighted by Crippen LogP contribution is -2.39. The highest BCUT2D eigenvalue weighted by Gasteiger charge is 2.40. The molecule has 1 aromatic heterocycles. The first-order valence-corrected chi connectivity index (χ1v) is 9.04. The van der Waals surface area contributed by atoms with Crippen LogP contribution in [0.5, 0.6) is 0 Å². The third-order valence-corrected chi connectivity index (χ3v) is 5.29. The summed E-state index contributed by atoms with van der Waals surface area (Å²) in [6, 6.07) is -0.153. The van der Waals surface area contributed by atoms with Crippen LogP contribution in [-0.4, -0.2) is 38.7 Å². The lowest BCUT2D eigenvalue weighted by molar-refractivity contribution is 0.0213. The number of hydrogen-bond acceptors (Lipinski definition) is 6. The molecule has 2 rings (SSSR count). The van der Waals surface area contributed by atoms with E-state index < -0.39 is 11.6 Å². The van der Waals surface area contributed by atoms with Crippen LogP contribution in [-0.2, 0) is 9.47 Å². The van der Waals surface area contributed by atoms with Gasteiger partial charge in [0.15, 0.2) is 5.69 Å². The molecule has 6 nitrogen and oxygen atoms in total. The summed E-state index contributed by atoms with van der Waals surface area (Å²) >= 11 is 3.61. The van der Waals surface area contributed by atoms with Crippen molar-refractivity contribution in [3.63, 3.8) is 0 Å². The Morgan fingerprint density at radius 3 is 2.68 bits per heavy atom. The molecule has 0 N–H and O–H groups in total. The fourth-order valence-corrected chi connectivity index (χ4v) is 4.10. The van der Waals surface area contributed by atoms with Crippen LogP contribution in [0.1, 0.15) is 55.2 Å². The van der Waals surface area contributed by atoms with Crippen LogP contribution in [0.4, 0.5) is 4.79 Å². The number of halogens is 1. The predicted molar refractivity (Wildman–Crippen MR) is 91.3 cm³/mol. The largest absolute Gasteiger partial charge is 0.464 e. The number of esters is 1. The van der Waals surface area contributed by atoms with Crippen molar-refractivity contribution in [1.82, 2.24) is 9.88 Å². The Hall–Kier alpha value is -0.900. The molecule has 1 aliphatic heterocycles. The average Bonchev–Trinajstić information content (AvgIpc) is 3.01. The van der Waals surface area contributed by atoms with Crippen molar-refractivity contribution in [3.8, 4) is 0 Å². The van der Waals surface area contributed by atoms with E-state index >= 15 is 0 Å². The van der Waals surface area contributed by atoms with Crippen molar-refractivity contribution in [1.29, 1.82) is 0 Å². The summed E-state index contributed by atoms with van der Waals surface area (Å²) in [6.45, 7) is 5.53. The quantitative estimate of drug-likeness (QED) is 0.305. The highest BCUT2D eigenvalue weighted by molar-refractivity contribution is 14.1. The van der Waals surface area contributed by atoms with E-state index in [0.717, 1.165) is 17.8 Å². The zero-order valence-electron chi connectivity index (χ0n) is 13.0. The van der Waals surface area contributed by atoms with Gasteiger partial charge in [-0.25, -0.2) is 14.6 Å². The van der Waals surface area contributed by atoms with Crippen molar-refractivity contribution in [2.75, 3.05) is 7.11 Å². The van der Waals surface area contributed by atoms with E-state index in [2.05, 4.69) is 32.3 Å². The van der Waals surface area contributed by atoms with E-state index in [1.807, 2.05) is 20.8 Å². The molecule has 1 aromatic rings. The van der Waals surface area contributed by atoms with Crippen molar-refractivity contribution >= 4 is 46.0 Å². The lowest BCUT2D eigenvalue weighted by atomic mass is 10.2. The zero-order chi connectivity index (χ0) is 16.5. The van der Waals surface area contributed by atoms with Gasteiger partial charge in [0.25, 0.3) is 0 Å². The number of methoxy groups -OCH3 is 1. The number of carbonyl (C=O) groups is 2. The van der Waals surface area contributed by atoms with E-state index in [0.29, 0.717) is 0 Å². The minimum absolute atomic E-state index is 0.0583. The Balaban J connectivity index is 2.20. The Bertz CT molecular complexity index is 569. The van der Waals surface area contributed by atoms with Crippen LogP contribution >= 0.6 is 33.9 Å². The van der Waals surface area contributed by atoms with Gasteiger partial charge in [-0.05, 0) is 33.6 Å². The van der Waals surface area contributed by atoms with Gasteiger partial charge in [0, 0.05) is 5.38 Å². The molecule has 8 heteroatoms. The molecule has 0 aromatic carbocycles. The van der Waals surface area contributed by atoms with Gasteiger partial charge in [-0.2, -0.15) is 0 Å². The number of amides is 1. The van der Waals surface area contributed by atoms with Gasteiger partial charge in [-0.3, -0.25) is 4.90 Å². The number of rotatable bonds is 2. The van der Waals surface area contributed by atoms with E-state index in [9.17, 15) is 9.59 Å². The van der Waals surface area contributed by atoms with Gasteiger partial charge in [0.05, 0.1) is 17.2 Å². The summed E-state index contributed by atoms with van der Waals surface area (Å²) < 4.78 is 10.2. The first-order chi connectivity index (χ1) is 10.2. The molecule has 1 unspecified atom stereocenters. The third-order valence-electron chi connectivity index (χ3n) is 3.12. The van der Waals surface area contributed by atoms with Crippen molar-refractivity contribution < 1.29 is 19.1 Å².